The van der Waals surface area contributed by atoms with E-state index >= 15 is 0 Å². The van der Waals surface area contributed by atoms with Crippen molar-refractivity contribution >= 4 is 5.91 Å². The van der Waals surface area contributed by atoms with Gasteiger partial charge in [-0.1, -0.05) is 18.2 Å². The Bertz CT molecular complexity index is 1120. The van der Waals surface area contributed by atoms with Crippen LogP contribution in [0.15, 0.2) is 52.1 Å². The van der Waals surface area contributed by atoms with Gasteiger partial charge in [0.25, 0.3) is 5.91 Å². The summed E-state index contributed by atoms with van der Waals surface area (Å²) in [5.41, 5.74) is 1.38. The minimum absolute atomic E-state index is 0.112. The van der Waals surface area contributed by atoms with Crippen LogP contribution >= 0.6 is 0 Å². The summed E-state index contributed by atoms with van der Waals surface area (Å²) in [6, 6.07) is 12.5. The van der Waals surface area contributed by atoms with Gasteiger partial charge in [-0.25, -0.2) is 14.5 Å². The topological polar surface area (TPSA) is 104 Å². The van der Waals surface area contributed by atoms with Crippen LogP contribution in [0.1, 0.15) is 34.7 Å². The van der Waals surface area contributed by atoms with Crippen molar-refractivity contribution in [1.82, 2.24) is 24.6 Å². The maximum Gasteiger partial charge on any atom is 0.347 e. The summed E-state index contributed by atoms with van der Waals surface area (Å²) in [5, 5.41) is 6.76. The van der Waals surface area contributed by atoms with E-state index in [-0.39, 0.29) is 17.2 Å². The van der Waals surface area contributed by atoms with E-state index in [2.05, 4.69) is 15.2 Å². The zero-order chi connectivity index (χ0) is 20.4. The summed E-state index contributed by atoms with van der Waals surface area (Å²) in [6.07, 6.45) is 2.31. The van der Waals surface area contributed by atoms with Crippen LogP contribution in [0.25, 0.3) is 5.69 Å². The number of rotatable bonds is 4. The maximum absolute atomic E-state index is 12.7. The Labute approximate surface area is 167 Å². The Morgan fingerprint density at radius 1 is 1.14 bits per heavy atom. The van der Waals surface area contributed by atoms with E-state index in [0.717, 1.165) is 18.5 Å². The number of benzene rings is 1. The van der Waals surface area contributed by atoms with Crippen molar-refractivity contribution < 1.29 is 4.79 Å². The van der Waals surface area contributed by atoms with Gasteiger partial charge in [0.15, 0.2) is 0 Å². The van der Waals surface area contributed by atoms with Crippen molar-refractivity contribution in [3.8, 4) is 5.69 Å². The monoisotopic (exact) mass is 393 g/mol. The zero-order valence-corrected chi connectivity index (χ0v) is 16.2. The lowest BCUT2D eigenvalue weighted by molar-refractivity contribution is 0.0689. The van der Waals surface area contributed by atoms with Gasteiger partial charge < -0.3 is 9.88 Å². The first-order valence-electron chi connectivity index (χ1n) is 9.73. The van der Waals surface area contributed by atoms with Crippen molar-refractivity contribution in [2.24, 2.45) is 5.92 Å². The number of aromatic amines is 2. The lowest BCUT2D eigenvalue weighted by Crippen LogP contribution is -2.39. The molecule has 0 spiro atoms. The minimum atomic E-state index is -0.263. The fraction of sp³-hybridized carbons (Fsp3) is 0.333. The van der Waals surface area contributed by atoms with Crippen LogP contribution < -0.4 is 11.2 Å². The lowest BCUT2D eigenvalue weighted by Gasteiger charge is -2.32. The van der Waals surface area contributed by atoms with Gasteiger partial charge in [0.1, 0.15) is 5.82 Å². The van der Waals surface area contributed by atoms with Crippen molar-refractivity contribution in [3.05, 3.63) is 80.4 Å². The van der Waals surface area contributed by atoms with Gasteiger partial charge in [-0.2, -0.15) is 5.10 Å². The average molecular weight is 393 g/mol. The second-order valence-corrected chi connectivity index (χ2v) is 7.47. The zero-order valence-electron chi connectivity index (χ0n) is 16.2. The van der Waals surface area contributed by atoms with E-state index in [1.165, 1.54) is 6.07 Å². The van der Waals surface area contributed by atoms with Gasteiger partial charge in [-0.3, -0.25) is 9.59 Å². The van der Waals surface area contributed by atoms with Gasteiger partial charge in [0.05, 0.1) is 5.69 Å². The molecule has 1 aromatic carbocycles. The number of nitrogens with one attached hydrogen (secondary N) is 2. The second kappa shape index (κ2) is 7.90. The fourth-order valence-electron chi connectivity index (χ4n) is 3.90. The quantitative estimate of drug-likeness (QED) is 0.703. The molecule has 0 radical (unpaired) electrons. The molecule has 1 fully saturated rings. The number of likely N-dealkylation sites (tertiary alicyclic amines) is 1. The summed E-state index contributed by atoms with van der Waals surface area (Å²) in [5.74, 6) is 0.924. The standard InChI is InChI=1S/C21H23N5O3/c1-14-11-16(13-19(27)22-14)20(28)25-9-7-15(8-10-25)12-18-23-24-21(29)26(18)17-5-3-2-4-6-17/h2-6,11,13,15H,7-10,12H2,1H3,(H,22,27)(H,24,29). The molecule has 0 bridgehead atoms. The van der Waals surface area contributed by atoms with Crippen LogP contribution in [0.5, 0.6) is 0 Å². The Balaban J connectivity index is 1.43. The first-order valence-corrected chi connectivity index (χ1v) is 9.73. The molecule has 1 aliphatic rings. The van der Waals surface area contributed by atoms with E-state index in [1.807, 2.05) is 30.3 Å². The number of piperidine rings is 1. The van der Waals surface area contributed by atoms with Crippen LogP contribution in [-0.2, 0) is 6.42 Å². The first-order chi connectivity index (χ1) is 14.0. The molecule has 2 aromatic heterocycles. The number of aromatic nitrogens is 4. The normalized spacial score (nSPS) is 14.9. The predicted molar refractivity (Wildman–Crippen MR) is 108 cm³/mol. The van der Waals surface area contributed by atoms with Gasteiger partial charge in [-0.05, 0) is 43.9 Å². The molecule has 0 aliphatic carbocycles. The molecule has 29 heavy (non-hydrogen) atoms. The SMILES string of the molecule is Cc1cc(C(=O)N2CCC(Cc3n[nH]c(=O)n3-c3ccccc3)CC2)cc(=O)[nH]1. The number of para-hydroxylation sites is 1. The smallest absolute Gasteiger partial charge is 0.339 e. The summed E-state index contributed by atoms with van der Waals surface area (Å²) in [6.45, 7) is 3.01. The highest BCUT2D eigenvalue weighted by Crippen LogP contribution is 2.22. The first kappa shape index (κ1) is 18.9. The van der Waals surface area contributed by atoms with Gasteiger partial charge in [0, 0.05) is 36.8 Å². The number of hydrogen-bond donors (Lipinski definition) is 2. The largest absolute Gasteiger partial charge is 0.347 e. The van der Waals surface area contributed by atoms with E-state index in [1.54, 1.807) is 22.5 Å². The van der Waals surface area contributed by atoms with Crippen molar-refractivity contribution in [2.75, 3.05) is 13.1 Å². The molecule has 3 heterocycles. The van der Waals surface area contributed by atoms with Crippen molar-refractivity contribution in [1.29, 1.82) is 0 Å². The number of aryl methyl sites for hydroxylation is 1. The Kier molecular flexibility index (Phi) is 5.16. The molecule has 4 rings (SSSR count). The molecule has 0 saturated carbocycles. The van der Waals surface area contributed by atoms with Crippen LogP contribution in [0, 0.1) is 12.8 Å². The van der Waals surface area contributed by atoms with E-state index in [9.17, 15) is 14.4 Å². The molecule has 8 heteroatoms. The number of pyridine rings is 1. The molecule has 1 aliphatic heterocycles. The van der Waals surface area contributed by atoms with E-state index in [4.69, 9.17) is 0 Å². The number of carbonyl (C=O) groups is 1. The molecule has 1 saturated heterocycles. The molecule has 2 N–H and O–H groups in total. The number of nitrogens with zero attached hydrogens (tertiary/aromatic N) is 3. The predicted octanol–water partition coefficient (Wildman–Crippen LogP) is 1.65. The second-order valence-electron chi connectivity index (χ2n) is 7.47. The summed E-state index contributed by atoms with van der Waals surface area (Å²) in [7, 11) is 0. The van der Waals surface area contributed by atoms with Gasteiger partial charge in [0.2, 0.25) is 5.56 Å². The Morgan fingerprint density at radius 3 is 2.55 bits per heavy atom. The van der Waals surface area contributed by atoms with Crippen LogP contribution in [-0.4, -0.2) is 43.6 Å². The van der Waals surface area contributed by atoms with Crippen molar-refractivity contribution in [3.63, 3.8) is 0 Å². The summed E-state index contributed by atoms with van der Waals surface area (Å²) in [4.78, 5) is 41.0. The number of hydrogen-bond acceptors (Lipinski definition) is 4. The van der Waals surface area contributed by atoms with Crippen LogP contribution in [0.4, 0.5) is 0 Å². The van der Waals surface area contributed by atoms with Crippen LogP contribution in [0.2, 0.25) is 0 Å². The Morgan fingerprint density at radius 2 is 1.86 bits per heavy atom. The third kappa shape index (κ3) is 4.06. The lowest BCUT2D eigenvalue weighted by atomic mass is 9.92. The number of amides is 1. The Hall–Kier alpha value is -3.42. The molecule has 3 aromatic rings. The minimum Gasteiger partial charge on any atom is -0.339 e. The van der Waals surface area contributed by atoms with E-state index < -0.39 is 0 Å². The fourth-order valence-corrected chi connectivity index (χ4v) is 3.90. The highest BCUT2D eigenvalue weighted by Gasteiger charge is 2.26. The van der Waals surface area contributed by atoms with Gasteiger partial charge in [-0.15, -0.1) is 0 Å². The third-order valence-corrected chi connectivity index (χ3v) is 5.36. The molecular formula is C21H23N5O3. The summed E-state index contributed by atoms with van der Waals surface area (Å²) >= 11 is 0. The van der Waals surface area contributed by atoms with E-state index in [0.29, 0.717) is 42.5 Å². The molecule has 0 atom stereocenters. The summed E-state index contributed by atoms with van der Waals surface area (Å²) < 4.78 is 1.61. The molecule has 1 amide bonds. The van der Waals surface area contributed by atoms with Crippen LogP contribution in [0.3, 0.4) is 0 Å². The number of carbonyl (C=O) groups excluding carboxylic acids is 1. The third-order valence-electron chi connectivity index (χ3n) is 5.36. The van der Waals surface area contributed by atoms with Gasteiger partial charge >= 0.3 is 5.69 Å². The number of H-pyrrole nitrogens is 2. The average Bonchev–Trinajstić information content (AvgIpc) is 3.08. The molecule has 0 unspecified atom stereocenters. The highest BCUT2D eigenvalue weighted by atomic mass is 16.2. The molecule has 150 valence electrons. The molecule has 8 nitrogen and oxygen atoms in total. The highest BCUT2D eigenvalue weighted by molar-refractivity contribution is 5.94. The van der Waals surface area contributed by atoms with Crippen molar-refractivity contribution in [2.45, 2.75) is 26.2 Å². The molecular weight excluding hydrogens is 370 g/mol. The maximum atomic E-state index is 12.7.